The Morgan fingerprint density at radius 1 is 1.39 bits per heavy atom. The SMILES string of the molecule is CCOC(=O)c1cc(C)c2c(c1C)CCCCO2. The number of benzene rings is 1. The van der Waals surface area contributed by atoms with Crippen LogP contribution in [0.1, 0.15) is 46.8 Å². The highest BCUT2D eigenvalue weighted by molar-refractivity contribution is 5.92. The van der Waals surface area contributed by atoms with Crippen molar-refractivity contribution in [2.24, 2.45) is 0 Å². The van der Waals surface area contributed by atoms with Gasteiger partial charge in [-0.15, -0.1) is 0 Å². The summed E-state index contributed by atoms with van der Waals surface area (Å²) >= 11 is 0. The van der Waals surface area contributed by atoms with Crippen molar-refractivity contribution in [1.29, 1.82) is 0 Å². The minimum absolute atomic E-state index is 0.231. The smallest absolute Gasteiger partial charge is 0.338 e. The van der Waals surface area contributed by atoms with E-state index in [9.17, 15) is 4.79 Å². The molecule has 3 heteroatoms. The summed E-state index contributed by atoms with van der Waals surface area (Å²) in [4.78, 5) is 11.9. The van der Waals surface area contributed by atoms with Crippen LogP contribution in [0.15, 0.2) is 6.07 Å². The molecule has 3 nitrogen and oxygen atoms in total. The van der Waals surface area contributed by atoms with E-state index < -0.39 is 0 Å². The van der Waals surface area contributed by atoms with Crippen LogP contribution in [0.3, 0.4) is 0 Å². The maximum Gasteiger partial charge on any atom is 0.338 e. The van der Waals surface area contributed by atoms with Crippen molar-refractivity contribution < 1.29 is 14.3 Å². The van der Waals surface area contributed by atoms with E-state index in [1.165, 1.54) is 5.56 Å². The molecular formula is C15H20O3. The van der Waals surface area contributed by atoms with Crippen LogP contribution in [0.5, 0.6) is 5.75 Å². The second-order valence-corrected chi connectivity index (χ2v) is 4.70. The number of esters is 1. The molecule has 0 bridgehead atoms. The fraction of sp³-hybridized carbons (Fsp3) is 0.533. The topological polar surface area (TPSA) is 35.5 Å². The molecule has 1 aromatic carbocycles. The maximum absolute atomic E-state index is 11.9. The summed E-state index contributed by atoms with van der Waals surface area (Å²) in [6.07, 6.45) is 3.16. The Hall–Kier alpha value is -1.51. The first-order valence-corrected chi connectivity index (χ1v) is 6.58. The van der Waals surface area contributed by atoms with Gasteiger partial charge in [0.15, 0.2) is 0 Å². The van der Waals surface area contributed by atoms with Crippen molar-refractivity contribution in [2.45, 2.75) is 40.0 Å². The molecule has 0 aliphatic carbocycles. The number of aryl methyl sites for hydroxylation is 1. The largest absolute Gasteiger partial charge is 0.493 e. The lowest BCUT2D eigenvalue weighted by molar-refractivity contribution is 0.0525. The van der Waals surface area contributed by atoms with E-state index in [0.29, 0.717) is 12.2 Å². The maximum atomic E-state index is 11.9. The first kappa shape index (κ1) is 12.9. The Morgan fingerprint density at radius 3 is 2.89 bits per heavy atom. The summed E-state index contributed by atoms with van der Waals surface area (Å²) in [5.74, 6) is 0.739. The second kappa shape index (κ2) is 5.42. The fourth-order valence-electron chi connectivity index (χ4n) is 2.46. The Labute approximate surface area is 108 Å². The van der Waals surface area contributed by atoms with Crippen LogP contribution in [0.4, 0.5) is 0 Å². The van der Waals surface area contributed by atoms with Crippen LogP contribution in [0, 0.1) is 13.8 Å². The number of hydrogen-bond donors (Lipinski definition) is 0. The Kier molecular flexibility index (Phi) is 3.90. The van der Waals surface area contributed by atoms with E-state index in [1.54, 1.807) is 0 Å². The van der Waals surface area contributed by atoms with Gasteiger partial charge in [-0.2, -0.15) is 0 Å². The monoisotopic (exact) mass is 248 g/mol. The summed E-state index contributed by atoms with van der Waals surface area (Å²) in [6, 6.07) is 1.89. The number of hydrogen-bond acceptors (Lipinski definition) is 3. The third-order valence-corrected chi connectivity index (χ3v) is 3.41. The number of carbonyl (C=O) groups is 1. The molecule has 1 heterocycles. The average molecular weight is 248 g/mol. The van der Waals surface area contributed by atoms with Crippen molar-refractivity contribution in [1.82, 2.24) is 0 Å². The van der Waals surface area contributed by atoms with E-state index in [1.807, 2.05) is 26.8 Å². The van der Waals surface area contributed by atoms with Gasteiger partial charge in [-0.05, 0) is 62.8 Å². The van der Waals surface area contributed by atoms with Crippen molar-refractivity contribution in [3.8, 4) is 5.75 Å². The molecule has 1 aromatic rings. The van der Waals surface area contributed by atoms with Crippen LogP contribution in [0.25, 0.3) is 0 Å². The summed E-state index contributed by atoms with van der Waals surface area (Å²) in [7, 11) is 0. The predicted octanol–water partition coefficient (Wildman–Crippen LogP) is 3.20. The lowest BCUT2D eigenvalue weighted by Gasteiger charge is -2.16. The zero-order valence-corrected chi connectivity index (χ0v) is 11.3. The van der Waals surface area contributed by atoms with Gasteiger partial charge in [-0.1, -0.05) is 0 Å². The van der Waals surface area contributed by atoms with E-state index >= 15 is 0 Å². The molecule has 0 saturated heterocycles. The van der Waals surface area contributed by atoms with Gasteiger partial charge < -0.3 is 9.47 Å². The van der Waals surface area contributed by atoms with Gasteiger partial charge >= 0.3 is 5.97 Å². The number of fused-ring (bicyclic) bond motifs is 1. The molecule has 0 aromatic heterocycles. The third-order valence-electron chi connectivity index (χ3n) is 3.41. The summed E-state index contributed by atoms with van der Waals surface area (Å²) in [6.45, 7) is 6.98. The normalized spacial score (nSPS) is 14.4. The molecule has 98 valence electrons. The predicted molar refractivity (Wildman–Crippen MR) is 70.3 cm³/mol. The fourth-order valence-corrected chi connectivity index (χ4v) is 2.46. The van der Waals surface area contributed by atoms with Crippen molar-refractivity contribution in [2.75, 3.05) is 13.2 Å². The highest BCUT2D eigenvalue weighted by Crippen LogP contribution is 2.33. The first-order valence-electron chi connectivity index (χ1n) is 6.58. The number of rotatable bonds is 2. The van der Waals surface area contributed by atoms with Crippen LogP contribution in [-0.2, 0) is 11.2 Å². The van der Waals surface area contributed by atoms with Gasteiger partial charge in [0.1, 0.15) is 5.75 Å². The highest BCUT2D eigenvalue weighted by atomic mass is 16.5. The number of ether oxygens (including phenoxy) is 2. The molecule has 0 unspecified atom stereocenters. The van der Waals surface area contributed by atoms with Crippen molar-refractivity contribution >= 4 is 5.97 Å². The zero-order chi connectivity index (χ0) is 13.1. The van der Waals surface area contributed by atoms with Crippen LogP contribution in [0.2, 0.25) is 0 Å². The Balaban J connectivity index is 2.48. The van der Waals surface area contributed by atoms with Gasteiger partial charge in [-0.3, -0.25) is 0 Å². The summed E-state index contributed by atoms with van der Waals surface area (Å²) in [5.41, 5.74) is 3.89. The molecule has 18 heavy (non-hydrogen) atoms. The molecule has 0 N–H and O–H groups in total. The van der Waals surface area contributed by atoms with Gasteiger partial charge in [0.05, 0.1) is 18.8 Å². The lowest BCUT2D eigenvalue weighted by Crippen LogP contribution is -2.10. The molecule has 0 radical (unpaired) electrons. The first-order chi connectivity index (χ1) is 8.65. The van der Waals surface area contributed by atoms with Crippen molar-refractivity contribution in [3.63, 3.8) is 0 Å². The van der Waals surface area contributed by atoms with E-state index in [-0.39, 0.29) is 5.97 Å². The van der Waals surface area contributed by atoms with E-state index in [2.05, 4.69) is 0 Å². The van der Waals surface area contributed by atoms with Crippen molar-refractivity contribution in [3.05, 3.63) is 28.3 Å². The molecule has 1 aliphatic heterocycles. The Bertz CT molecular complexity index is 463. The quantitative estimate of drug-likeness (QED) is 0.754. The second-order valence-electron chi connectivity index (χ2n) is 4.70. The van der Waals surface area contributed by atoms with Gasteiger partial charge in [0.25, 0.3) is 0 Å². The van der Waals surface area contributed by atoms with E-state index in [0.717, 1.165) is 42.7 Å². The van der Waals surface area contributed by atoms with Crippen LogP contribution >= 0.6 is 0 Å². The molecule has 0 saturated carbocycles. The van der Waals surface area contributed by atoms with Gasteiger partial charge in [0, 0.05) is 0 Å². The standard InChI is InChI=1S/C15H20O3/c1-4-17-15(16)13-9-10(2)14-12(11(13)3)7-5-6-8-18-14/h9H,4-8H2,1-3H3. The molecular weight excluding hydrogens is 228 g/mol. The molecule has 0 spiro atoms. The Morgan fingerprint density at radius 2 is 2.17 bits per heavy atom. The van der Waals surface area contributed by atoms with Gasteiger partial charge in [0.2, 0.25) is 0 Å². The molecule has 1 aliphatic rings. The average Bonchev–Trinajstić information content (AvgIpc) is 2.60. The molecule has 0 atom stereocenters. The van der Waals surface area contributed by atoms with E-state index in [4.69, 9.17) is 9.47 Å². The minimum atomic E-state index is -0.231. The molecule has 0 amide bonds. The number of carbonyl (C=O) groups excluding carboxylic acids is 1. The zero-order valence-electron chi connectivity index (χ0n) is 11.3. The minimum Gasteiger partial charge on any atom is -0.493 e. The lowest BCUT2D eigenvalue weighted by atomic mass is 9.95. The third kappa shape index (κ3) is 2.35. The van der Waals surface area contributed by atoms with Gasteiger partial charge in [-0.25, -0.2) is 4.79 Å². The molecule has 2 rings (SSSR count). The highest BCUT2D eigenvalue weighted by Gasteiger charge is 2.20. The summed E-state index contributed by atoms with van der Waals surface area (Å²) < 4.78 is 10.9. The molecule has 0 fully saturated rings. The van der Waals surface area contributed by atoms with Crippen LogP contribution < -0.4 is 4.74 Å². The summed E-state index contributed by atoms with van der Waals surface area (Å²) in [5, 5.41) is 0. The van der Waals surface area contributed by atoms with Crippen LogP contribution in [-0.4, -0.2) is 19.2 Å².